The molecular weight excluding hydrogens is 371 g/mol. The molecule has 3 aromatic rings. The van der Waals surface area contributed by atoms with Gasteiger partial charge in [0.25, 0.3) is 11.8 Å². The summed E-state index contributed by atoms with van der Waals surface area (Å²) in [6.07, 6.45) is 0. The van der Waals surface area contributed by atoms with Crippen LogP contribution in [0, 0.1) is 12.7 Å². The molecule has 0 saturated heterocycles. The van der Waals surface area contributed by atoms with E-state index in [0.717, 1.165) is 11.1 Å². The zero-order chi connectivity index (χ0) is 20.6. The van der Waals surface area contributed by atoms with Crippen LogP contribution in [0.4, 0.5) is 10.1 Å². The monoisotopic (exact) mass is 392 g/mol. The molecule has 0 spiro atoms. The molecule has 6 heteroatoms. The lowest BCUT2D eigenvalue weighted by Crippen LogP contribution is -2.25. The highest BCUT2D eigenvalue weighted by Crippen LogP contribution is 2.18. The Balaban J connectivity index is 1.59. The van der Waals surface area contributed by atoms with Crippen LogP contribution >= 0.6 is 0 Å². The van der Waals surface area contributed by atoms with Crippen LogP contribution < -0.4 is 15.4 Å². The standard InChI is InChI=1S/C23H21FN2O3/c1-16-10-12-17(13-11-16)14-25-23(28)18-6-2-5-9-21(18)29-15-22(27)26-20-8-4-3-7-19(20)24/h2-13H,14-15H2,1H3,(H,25,28)(H,26,27). The first-order valence-electron chi connectivity index (χ1n) is 9.13. The van der Waals surface area contributed by atoms with E-state index in [2.05, 4.69) is 10.6 Å². The lowest BCUT2D eigenvalue weighted by atomic mass is 10.1. The molecule has 0 radical (unpaired) electrons. The van der Waals surface area contributed by atoms with E-state index in [9.17, 15) is 14.0 Å². The summed E-state index contributed by atoms with van der Waals surface area (Å²) in [5.74, 6) is -1.09. The van der Waals surface area contributed by atoms with Crippen molar-refractivity contribution in [3.05, 3.63) is 95.3 Å². The molecule has 0 aromatic heterocycles. The van der Waals surface area contributed by atoms with Crippen LogP contribution in [0.5, 0.6) is 5.75 Å². The SMILES string of the molecule is Cc1ccc(CNC(=O)c2ccccc2OCC(=O)Nc2ccccc2F)cc1. The molecule has 3 aromatic carbocycles. The molecule has 2 amide bonds. The zero-order valence-corrected chi connectivity index (χ0v) is 15.9. The van der Waals surface area contributed by atoms with Gasteiger partial charge in [0.15, 0.2) is 6.61 Å². The molecule has 0 aliphatic carbocycles. The van der Waals surface area contributed by atoms with Crippen molar-refractivity contribution in [2.75, 3.05) is 11.9 Å². The van der Waals surface area contributed by atoms with Gasteiger partial charge in [-0.1, -0.05) is 54.1 Å². The van der Waals surface area contributed by atoms with Crippen molar-refractivity contribution in [3.63, 3.8) is 0 Å². The fourth-order valence-electron chi connectivity index (χ4n) is 2.66. The molecule has 29 heavy (non-hydrogen) atoms. The second-order valence-electron chi connectivity index (χ2n) is 6.48. The number of carbonyl (C=O) groups is 2. The molecule has 5 nitrogen and oxygen atoms in total. The Morgan fingerprint density at radius 3 is 2.38 bits per heavy atom. The van der Waals surface area contributed by atoms with Crippen LogP contribution in [-0.4, -0.2) is 18.4 Å². The predicted molar refractivity (Wildman–Crippen MR) is 109 cm³/mol. The van der Waals surface area contributed by atoms with Crippen molar-refractivity contribution in [3.8, 4) is 5.75 Å². The summed E-state index contributed by atoms with van der Waals surface area (Å²) in [4.78, 5) is 24.6. The number of para-hydroxylation sites is 2. The van der Waals surface area contributed by atoms with E-state index in [-0.39, 0.29) is 24.0 Å². The summed E-state index contributed by atoms with van der Waals surface area (Å²) >= 11 is 0. The third kappa shape index (κ3) is 5.65. The summed E-state index contributed by atoms with van der Waals surface area (Å²) in [6.45, 7) is 2.02. The van der Waals surface area contributed by atoms with Gasteiger partial charge in [0, 0.05) is 6.54 Å². The van der Waals surface area contributed by atoms with Gasteiger partial charge in [-0.05, 0) is 36.8 Å². The lowest BCUT2D eigenvalue weighted by Gasteiger charge is -2.12. The first-order valence-corrected chi connectivity index (χ1v) is 9.13. The Hall–Kier alpha value is -3.67. The van der Waals surface area contributed by atoms with Crippen LogP contribution in [0.25, 0.3) is 0 Å². The molecule has 0 fully saturated rings. The Bertz CT molecular complexity index is 1000. The maximum absolute atomic E-state index is 13.6. The van der Waals surface area contributed by atoms with Crippen molar-refractivity contribution in [1.82, 2.24) is 5.32 Å². The average molecular weight is 392 g/mol. The topological polar surface area (TPSA) is 67.4 Å². The van der Waals surface area contributed by atoms with Gasteiger partial charge in [0.1, 0.15) is 11.6 Å². The van der Waals surface area contributed by atoms with Crippen molar-refractivity contribution < 1.29 is 18.7 Å². The van der Waals surface area contributed by atoms with E-state index < -0.39 is 11.7 Å². The maximum atomic E-state index is 13.6. The van der Waals surface area contributed by atoms with Gasteiger partial charge >= 0.3 is 0 Å². The van der Waals surface area contributed by atoms with E-state index in [0.29, 0.717) is 12.1 Å². The lowest BCUT2D eigenvalue weighted by molar-refractivity contribution is -0.118. The highest BCUT2D eigenvalue weighted by atomic mass is 19.1. The maximum Gasteiger partial charge on any atom is 0.262 e. The fraction of sp³-hybridized carbons (Fsp3) is 0.130. The summed E-state index contributed by atoms with van der Waals surface area (Å²) < 4.78 is 19.1. The number of hydrogen-bond donors (Lipinski definition) is 2. The molecule has 148 valence electrons. The average Bonchev–Trinajstić information content (AvgIpc) is 2.73. The molecule has 0 saturated carbocycles. The second kappa shape index (κ2) is 9.50. The van der Waals surface area contributed by atoms with Crippen LogP contribution in [0.3, 0.4) is 0 Å². The number of carbonyl (C=O) groups excluding carboxylic acids is 2. The third-order valence-electron chi connectivity index (χ3n) is 4.21. The largest absolute Gasteiger partial charge is 0.483 e. The highest BCUT2D eigenvalue weighted by Gasteiger charge is 2.14. The van der Waals surface area contributed by atoms with Gasteiger partial charge in [-0.2, -0.15) is 0 Å². The highest BCUT2D eigenvalue weighted by molar-refractivity contribution is 5.97. The molecule has 0 atom stereocenters. The van der Waals surface area contributed by atoms with Crippen molar-refractivity contribution in [2.24, 2.45) is 0 Å². The Labute approximate surface area is 168 Å². The van der Waals surface area contributed by atoms with Crippen molar-refractivity contribution in [2.45, 2.75) is 13.5 Å². The molecule has 3 rings (SSSR count). The number of ether oxygens (including phenoxy) is 1. The first kappa shape index (κ1) is 20.1. The number of amides is 2. The number of anilines is 1. The first-order chi connectivity index (χ1) is 14.0. The summed E-state index contributed by atoms with van der Waals surface area (Å²) in [5, 5.41) is 5.28. The molecule has 0 bridgehead atoms. The predicted octanol–water partition coefficient (Wildman–Crippen LogP) is 4.08. The Morgan fingerprint density at radius 2 is 1.62 bits per heavy atom. The normalized spacial score (nSPS) is 10.3. The number of aryl methyl sites for hydroxylation is 1. The van der Waals surface area contributed by atoms with Gasteiger partial charge in [0.05, 0.1) is 11.3 Å². The Kier molecular flexibility index (Phi) is 6.58. The third-order valence-corrected chi connectivity index (χ3v) is 4.21. The van der Waals surface area contributed by atoms with Gasteiger partial charge in [0.2, 0.25) is 0 Å². The minimum Gasteiger partial charge on any atom is -0.483 e. The number of rotatable bonds is 7. The van der Waals surface area contributed by atoms with Crippen LogP contribution in [0.15, 0.2) is 72.8 Å². The van der Waals surface area contributed by atoms with Gasteiger partial charge < -0.3 is 15.4 Å². The van der Waals surface area contributed by atoms with E-state index in [1.54, 1.807) is 30.3 Å². The molecule has 0 aliphatic rings. The summed E-state index contributed by atoms with van der Waals surface area (Å²) in [6, 6.07) is 20.4. The zero-order valence-electron chi connectivity index (χ0n) is 15.9. The second-order valence-corrected chi connectivity index (χ2v) is 6.48. The summed E-state index contributed by atoms with van der Waals surface area (Å²) in [5.41, 5.74) is 2.52. The summed E-state index contributed by atoms with van der Waals surface area (Å²) in [7, 11) is 0. The number of benzene rings is 3. The van der Waals surface area contributed by atoms with E-state index in [1.165, 1.54) is 18.2 Å². The van der Waals surface area contributed by atoms with Gasteiger partial charge in [-0.25, -0.2) is 4.39 Å². The molecule has 2 N–H and O–H groups in total. The molecule has 0 aliphatic heterocycles. The van der Waals surface area contributed by atoms with Crippen molar-refractivity contribution >= 4 is 17.5 Å². The van der Waals surface area contributed by atoms with Gasteiger partial charge in [-0.3, -0.25) is 9.59 Å². The minimum absolute atomic E-state index is 0.0743. The molecule has 0 heterocycles. The van der Waals surface area contributed by atoms with Crippen LogP contribution in [0.2, 0.25) is 0 Å². The number of halogens is 1. The van der Waals surface area contributed by atoms with E-state index in [4.69, 9.17) is 4.74 Å². The molecular formula is C23H21FN2O3. The quantitative estimate of drug-likeness (QED) is 0.637. The van der Waals surface area contributed by atoms with E-state index >= 15 is 0 Å². The minimum atomic E-state index is -0.531. The number of hydrogen-bond acceptors (Lipinski definition) is 3. The smallest absolute Gasteiger partial charge is 0.262 e. The van der Waals surface area contributed by atoms with E-state index in [1.807, 2.05) is 31.2 Å². The Morgan fingerprint density at radius 1 is 0.931 bits per heavy atom. The molecule has 0 unspecified atom stereocenters. The fourth-order valence-corrected chi connectivity index (χ4v) is 2.66. The van der Waals surface area contributed by atoms with Gasteiger partial charge in [-0.15, -0.1) is 0 Å². The number of nitrogens with one attached hydrogen (secondary N) is 2. The van der Waals surface area contributed by atoms with Crippen molar-refractivity contribution in [1.29, 1.82) is 0 Å². The van der Waals surface area contributed by atoms with Crippen LogP contribution in [0.1, 0.15) is 21.5 Å². The van der Waals surface area contributed by atoms with Crippen LogP contribution in [-0.2, 0) is 11.3 Å².